The van der Waals surface area contributed by atoms with Gasteiger partial charge in [0.15, 0.2) is 5.65 Å². The summed E-state index contributed by atoms with van der Waals surface area (Å²) in [5.74, 6) is -0.907. The van der Waals surface area contributed by atoms with Gasteiger partial charge in [-0.2, -0.15) is 5.10 Å². The van der Waals surface area contributed by atoms with Crippen LogP contribution in [-0.2, 0) is 4.74 Å². The largest absolute Gasteiger partial charge is 0.459 e. The van der Waals surface area contributed by atoms with Crippen LogP contribution in [0.1, 0.15) is 17.6 Å². The van der Waals surface area contributed by atoms with E-state index in [0.717, 1.165) is 11.8 Å². The van der Waals surface area contributed by atoms with E-state index < -0.39 is 5.97 Å². The van der Waals surface area contributed by atoms with Gasteiger partial charge >= 0.3 is 17.5 Å². The van der Waals surface area contributed by atoms with E-state index in [0.29, 0.717) is 10.7 Å². The molecule has 0 amide bonds. The van der Waals surface area contributed by atoms with Crippen molar-refractivity contribution in [3.63, 3.8) is 0 Å². The van der Waals surface area contributed by atoms with Crippen LogP contribution in [0.3, 0.4) is 0 Å². The summed E-state index contributed by atoms with van der Waals surface area (Å²) in [6.45, 7) is 1.89. The van der Waals surface area contributed by atoms with Crippen LogP contribution < -0.4 is 5.69 Å². The minimum absolute atomic E-state index is 0.132. The Bertz CT molecular complexity index is 852. The number of carbonyl (C=O) groups is 1. The molecule has 0 aromatic carbocycles. The van der Waals surface area contributed by atoms with E-state index in [4.69, 9.17) is 9.15 Å². The van der Waals surface area contributed by atoms with E-state index in [9.17, 15) is 9.59 Å². The molecule has 0 aliphatic heterocycles. The van der Waals surface area contributed by atoms with E-state index in [-0.39, 0.29) is 23.4 Å². The highest BCUT2D eigenvalue weighted by Gasteiger charge is 2.17. The molecule has 1 N–H and O–H groups in total. The molecule has 0 saturated heterocycles. The van der Waals surface area contributed by atoms with E-state index in [1.54, 1.807) is 13.0 Å². The maximum Gasteiger partial charge on any atom is 0.396 e. The molecular formula is C10H8N6O4S. The highest BCUT2D eigenvalue weighted by molar-refractivity contribution is 7.99. The Morgan fingerprint density at radius 2 is 2.38 bits per heavy atom. The summed E-state index contributed by atoms with van der Waals surface area (Å²) < 4.78 is 11.1. The molecule has 0 saturated carbocycles. The monoisotopic (exact) mass is 308 g/mol. The van der Waals surface area contributed by atoms with Gasteiger partial charge in [-0.1, -0.05) is 5.10 Å². The van der Waals surface area contributed by atoms with Gasteiger partial charge in [0.25, 0.3) is 5.22 Å². The lowest BCUT2D eigenvalue weighted by molar-refractivity contribution is 0.0475. The second kappa shape index (κ2) is 5.36. The molecule has 0 bridgehead atoms. The molecule has 0 aliphatic rings. The Balaban J connectivity index is 1.81. The molecular weight excluding hydrogens is 300 g/mol. The molecule has 0 unspecified atom stereocenters. The van der Waals surface area contributed by atoms with Gasteiger partial charge in [0, 0.05) is 6.07 Å². The Morgan fingerprint density at radius 3 is 3.19 bits per heavy atom. The first-order valence-corrected chi connectivity index (χ1v) is 6.60. The molecule has 0 radical (unpaired) electrons. The predicted molar refractivity (Wildman–Crippen MR) is 68.0 cm³/mol. The average Bonchev–Trinajstić information content (AvgIpc) is 3.07. The van der Waals surface area contributed by atoms with Crippen molar-refractivity contribution in [2.24, 2.45) is 0 Å². The zero-order chi connectivity index (χ0) is 14.8. The number of ether oxygens (including phenoxy) is 1. The highest BCUT2D eigenvalue weighted by atomic mass is 32.2. The maximum atomic E-state index is 11.4. The summed E-state index contributed by atoms with van der Waals surface area (Å²) in [5, 5.41) is 14.0. The summed E-state index contributed by atoms with van der Waals surface area (Å²) in [6.07, 6.45) is 1.33. The summed E-state index contributed by atoms with van der Waals surface area (Å²) >= 11 is 1.04. The number of esters is 1. The number of nitrogens with one attached hydrogen (secondary N) is 1. The Morgan fingerprint density at radius 1 is 1.52 bits per heavy atom. The molecule has 11 heteroatoms. The van der Waals surface area contributed by atoms with Gasteiger partial charge in [-0.25, -0.2) is 24.1 Å². The third-order valence-corrected chi connectivity index (χ3v) is 3.11. The molecule has 3 heterocycles. The first kappa shape index (κ1) is 13.3. The molecule has 21 heavy (non-hydrogen) atoms. The van der Waals surface area contributed by atoms with Crippen molar-refractivity contribution in [3.05, 3.63) is 28.8 Å². The Kier molecular flexibility index (Phi) is 3.39. The lowest BCUT2D eigenvalue weighted by Gasteiger charge is -1.96. The molecule has 10 nitrogen and oxygen atoms in total. The topological polar surface area (TPSA) is 128 Å². The second-order valence-electron chi connectivity index (χ2n) is 3.68. The highest BCUT2D eigenvalue weighted by Crippen LogP contribution is 2.24. The van der Waals surface area contributed by atoms with Crippen LogP contribution in [0.5, 0.6) is 0 Å². The fourth-order valence-electron chi connectivity index (χ4n) is 1.46. The van der Waals surface area contributed by atoms with E-state index in [2.05, 4.69) is 25.4 Å². The number of fused-ring (bicyclic) bond motifs is 1. The summed E-state index contributed by atoms with van der Waals surface area (Å²) in [5.41, 5.74) is 0.0269. The Labute approximate surface area is 120 Å². The average molecular weight is 308 g/mol. The lowest BCUT2D eigenvalue weighted by atomic mass is 10.6. The number of carbonyl (C=O) groups excluding carboxylic acids is 1. The van der Waals surface area contributed by atoms with Crippen LogP contribution in [-0.4, -0.2) is 42.4 Å². The van der Waals surface area contributed by atoms with Crippen LogP contribution in [0, 0.1) is 0 Å². The number of aromatic nitrogens is 6. The first-order valence-electron chi connectivity index (χ1n) is 5.78. The summed E-state index contributed by atoms with van der Waals surface area (Å²) in [4.78, 5) is 26.7. The summed E-state index contributed by atoms with van der Waals surface area (Å²) in [7, 11) is 0. The molecule has 3 rings (SSSR count). The van der Waals surface area contributed by atoms with Gasteiger partial charge in [0.2, 0.25) is 0 Å². The van der Waals surface area contributed by atoms with Crippen molar-refractivity contribution in [2.45, 2.75) is 17.2 Å². The van der Waals surface area contributed by atoms with E-state index >= 15 is 0 Å². The van der Waals surface area contributed by atoms with E-state index in [1.807, 2.05) is 0 Å². The molecule has 108 valence electrons. The molecule has 0 spiro atoms. The van der Waals surface area contributed by atoms with Crippen LogP contribution in [0.25, 0.3) is 5.65 Å². The van der Waals surface area contributed by atoms with Crippen molar-refractivity contribution in [1.82, 2.24) is 29.8 Å². The third-order valence-electron chi connectivity index (χ3n) is 2.33. The predicted octanol–water partition coefficient (Wildman–Crippen LogP) is 0.128. The minimum Gasteiger partial charge on any atom is -0.459 e. The number of hydrogen-bond donors (Lipinski definition) is 1. The molecule has 0 atom stereocenters. The van der Waals surface area contributed by atoms with Gasteiger partial charge in [0.05, 0.1) is 6.61 Å². The zero-order valence-electron chi connectivity index (χ0n) is 10.6. The van der Waals surface area contributed by atoms with Crippen molar-refractivity contribution in [3.8, 4) is 0 Å². The molecule has 0 fully saturated rings. The number of hydrogen-bond acceptors (Lipinski definition) is 9. The standard InChI is InChI=1S/C10H8N6O4S/c1-2-19-8(17)7-13-15-10(20-7)21-6-3-5-12-14-9(18)16(5)4-11-6/h3-4H,2H2,1H3,(H,14,18). The van der Waals surface area contributed by atoms with Crippen LogP contribution in [0.2, 0.25) is 0 Å². The third kappa shape index (κ3) is 2.63. The normalized spacial score (nSPS) is 10.9. The Hall–Kier alpha value is -2.69. The first-order chi connectivity index (χ1) is 10.2. The van der Waals surface area contributed by atoms with Gasteiger partial charge in [-0.05, 0) is 18.7 Å². The fraction of sp³-hybridized carbons (Fsp3) is 0.200. The van der Waals surface area contributed by atoms with Crippen LogP contribution in [0.15, 0.2) is 31.9 Å². The zero-order valence-corrected chi connectivity index (χ0v) is 11.5. The van der Waals surface area contributed by atoms with Gasteiger partial charge in [0.1, 0.15) is 11.4 Å². The second-order valence-corrected chi connectivity index (χ2v) is 4.65. The smallest absolute Gasteiger partial charge is 0.396 e. The van der Waals surface area contributed by atoms with Crippen molar-refractivity contribution in [1.29, 1.82) is 0 Å². The number of nitrogens with zero attached hydrogens (tertiary/aromatic N) is 5. The molecule has 0 aliphatic carbocycles. The number of aromatic amines is 1. The number of rotatable bonds is 4. The molecule has 3 aromatic rings. The van der Waals surface area contributed by atoms with Crippen LogP contribution in [0.4, 0.5) is 0 Å². The SMILES string of the molecule is CCOC(=O)c1nnc(Sc2cc3n[nH]c(=O)n3cn2)o1. The number of H-pyrrole nitrogens is 1. The quantitative estimate of drug-likeness (QED) is 0.528. The van der Waals surface area contributed by atoms with Crippen LogP contribution >= 0.6 is 11.8 Å². The van der Waals surface area contributed by atoms with Crippen molar-refractivity contribution < 1.29 is 13.9 Å². The van der Waals surface area contributed by atoms with Crippen molar-refractivity contribution >= 4 is 23.4 Å². The minimum atomic E-state index is -0.681. The fourth-order valence-corrected chi connectivity index (χ4v) is 2.11. The van der Waals surface area contributed by atoms with Crippen molar-refractivity contribution in [2.75, 3.05) is 6.61 Å². The maximum absolute atomic E-state index is 11.4. The molecule has 3 aromatic heterocycles. The van der Waals surface area contributed by atoms with Gasteiger partial charge < -0.3 is 9.15 Å². The summed E-state index contributed by atoms with van der Waals surface area (Å²) in [6, 6.07) is 1.57. The lowest BCUT2D eigenvalue weighted by Crippen LogP contribution is -2.09. The van der Waals surface area contributed by atoms with Gasteiger partial charge in [-0.3, -0.25) is 0 Å². The van der Waals surface area contributed by atoms with Gasteiger partial charge in [-0.15, -0.1) is 5.10 Å². The van der Waals surface area contributed by atoms with E-state index in [1.165, 1.54) is 10.7 Å².